The van der Waals surface area contributed by atoms with Crippen molar-refractivity contribution in [3.63, 3.8) is 0 Å². The first-order chi connectivity index (χ1) is 12.3. The van der Waals surface area contributed by atoms with Gasteiger partial charge in [-0.3, -0.25) is 9.78 Å². The molecule has 0 saturated carbocycles. The maximum Gasteiger partial charge on any atom is 0.223 e. The first-order valence-electron chi connectivity index (χ1n) is 8.57. The Balaban J connectivity index is 1.43. The number of nitrogens with zero attached hydrogens (tertiary/aromatic N) is 2. The second-order valence-electron chi connectivity index (χ2n) is 6.30. The van der Waals surface area contributed by atoms with Gasteiger partial charge in [-0.05, 0) is 49.0 Å². The highest BCUT2D eigenvalue weighted by molar-refractivity contribution is 7.15. The number of pyridine rings is 1. The Hall–Kier alpha value is -2.31. The van der Waals surface area contributed by atoms with Gasteiger partial charge in [-0.15, -0.1) is 11.3 Å². The number of hydrogen-bond acceptors (Lipinski definition) is 5. The van der Waals surface area contributed by atoms with E-state index in [1.807, 2.05) is 18.5 Å². The Labute approximate surface area is 150 Å². The fourth-order valence-corrected chi connectivity index (χ4v) is 4.01. The van der Waals surface area contributed by atoms with E-state index in [4.69, 9.17) is 0 Å². The summed E-state index contributed by atoms with van der Waals surface area (Å²) in [6.45, 7) is 2.36. The summed E-state index contributed by atoms with van der Waals surface area (Å²) in [6, 6.07) is 8.34. The lowest BCUT2D eigenvalue weighted by Crippen LogP contribution is -2.37. The number of rotatable bonds is 4. The predicted molar refractivity (Wildman–Crippen MR) is 100 cm³/mol. The molecular weight excluding hydrogens is 332 g/mol. The molecule has 5 nitrogen and oxygen atoms in total. The van der Waals surface area contributed by atoms with Crippen LogP contribution in [0.3, 0.4) is 0 Å². The molecule has 0 radical (unpaired) electrons. The van der Waals surface area contributed by atoms with Crippen LogP contribution in [0.15, 0.2) is 42.9 Å². The third-order valence-corrected chi connectivity index (χ3v) is 5.65. The number of piperidine rings is 1. The van der Waals surface area contributed by atoms with E-state index in [9.17, 15) is 4.79 Å². The molecule has 1 amide bonds. The van der Waals surface area contributed by atoms with Gasteiger partial charge in [-0.1, -0.05) is 12.1 Å². The van der Waals surface area contributed by atoms with Crippen LogP contribution in [0.4, 0.5) is 0 Å². The normalized spacial score (nSPS) is 15.4. The molecule has 3 heterocycles. The number of fused-ring (bicyclic) bond motifs is 1. The van der Waals surface area contributed by atoms with E-state index in [2.05, 4.69) is 38.8 Å². The minimum Gasteiger partial charge on any atom is -0.349 e. The first-order valence-corrected chi connectivity index (χ1v) is 9.38. The van der Waals surface area contributed by atoms with Crippen molar-refractivity contribution in [2.24, 2.45) is 5.92 Å². The monoisotopic (exact) mass is 352 g/mol. The summed E-state index contributed by atoms with van der Waals surface area (Å²) in [6.07, 6.45) is 7.40. The summed E-state index contributed by atoms with van der Waals surface area (Å²) in [5, 5.41) is 9.55. The largest absolute Gasteiger partial charge is 0.349 e. The first kappa shape index (κ1) is 16.2. The lowest BCUT2D eigenvalue weighted by molar-refractivity contribution is -0.125. The molecule has 1 aromatic carbocycles. The van der Waals surface area contributed by atoms with Crippen molar-refractivity contribution in [1.82, 2.24) is 20.6 Å². The van der Waals surface area contributed by atoms with Crippen molar-refractivity contribution in [1.29, 1.82) is 0 Å². The van der Waals surface area contributed by atoms with Crippen LogP contribution in [0.5, 0.6) is 0 Å². The van der Waals surface area contributed by atoms with Gasteiger partial charge in [0.15, 0.2) is 0 Å². The van der Waals surface area contributed by atoms with E-state index >= 15 is 0 Å². The van der Waals surface area contributed by atoms with Gasteiger partial charge in [-0.25, -0.2) is 4.98 Å². The fraction of sp³-hybridized carbons (Fsp3) is 0.316. The van der Waals surface area contributed by atoms with E-state index in [1.54, 1.807) is 17.5 Å². The summed E-state index contributed by atoms with van der Waals surface area (Å²) in [5.41, 5.74) is 1.15. The molecule has 0 spiro atoms. The molecule has 2 N–H and O–H groups in total. The van der Waals surface area contributed by atoms with Crippen LogP contribution in [-0.2, 0) is 11.3 Å². The topological polar surface area (TPSA) is 66.9 Å². The molecule has 1 saturated heterocycles. The second kappa shape index (κ2) is 7.29. The van der Waals surface area contributed by atoms with E-state index in [0.717, 1.165) is 46.8 Å². The van der Waals surface area contributed by atoms with E-state index in [1.165, 1.54) is 5.39 Å². The van der Waals surface area contributed by atoms with Crippen LogP contribution in [0.25, 0.3) is 21.2 Å². The lowest BCUT2D eigenvalue weighted by Gasteiger charge is -2.21. The number of carbonyl (C=O) groups is 1. The zero-order chi connectivity index (χ0) is 17.1. The van der Waals surface area contributed by atoms with Crippen molar-refractivity contribution < 1.29 is 4.79 Å². The van der Waals surface area contributed by atoms with Gasteiger partial charge in [-0.2, -0.15) is 0 Å². The standard InChI is InChI=1S/C19H20N4OS/c24-19(13-3-6-20-7-4-13)23-12-18-22-11-17(25-18)15-1-2-16-10-21-8-5-14(16)9-15/h1-2,5,8-11,13,20H,3-4,6-7,12H2,(H,23,24). The summed E-state index contributed by atoms with van der Waals surface area (Å²) < 4.78 is 0. The molecule has 1 aliphatic rings. The van der Waals surface area contributed by atoms with Crippen LogP contribution >= 0.6 is 11.3 Å². The quantitative estimate of drug-likeness (QED) is 0.757. The summed E-state index contributed by atoms with van der Waals surface area (Å²) in [5.74, 6) is 0.284. The van der Waals surface area contributed by atoms with E-state index in [-0.39, 0.29) is 11.8 Å². The molecule has 25 heavy (non-hydrogen) atoms. The molecule has 0 bridgehead atoms. The Kier molecular flexibility index (Phi) is 4.72. The summed E-state index contributed by atoms with van der Waals surface area (Å²) in [4.78, 5) is 22.0. The van der Waals surface area contributed by atoms with Crippen LogP contribution in [0.2, 0.25) is 0 Å². The van der Waals surface area contributed by atoms with Gasteiger partial charge in [0, 0.05) is 29.9 Å². The number of aromatic nitrogens is 2. The Morgan fingerprint density at radius 2 is 2.08 bits per heavy atom. The SMILES string of the molecule is O=C(NCc1ncc(-c2ccc3cnccc3c2)s1)C1CCNCC1. The number of hydrogen-bond donors (Lipinski definition) is 2. The summed E-state index contributed by atoms with van der Waals surface area (Å²) >= 11 is 1.63. The number of benzene rings is 1. The van der Waals surface area contributed by atoms with Crippen LogP contribution < -0.4 is 10.6 Å². The van der Waals surface area contributed by atoms with Gasteiger partial charge >= 0.3 is 0 Å². The molecule has 128 valence electrons. The van der Waals surface area contributed by atoms with Gasteiger partial charge in [0.1, 0.15) is 5.01 Å². The van der Waals surface area contributed by atoms with Gasteiger partial charge < -0.3 is 10.6 Å². The third kappa shape index (κ3) is 3.70. The number of thiazole rings is 1. The Bertz CT molecular complexity index is 886. The van der Waals surface area contributed by atoms with E-state index in [0.29, 0.717) is 6.54 Å². The molecule has 0 unspecified atom stereocenters. The summed E-state index contributed by atoms with van der Waals surface area (Å²) in [7, 11) is 0. The molecular formula is C19H20N4OS. The molecule has 2 aromatic heterocycles. The van der Waals surface area contributed by atoms with Gasteiger partial charge in [0.25, 0.3) is 0 Å². The van der Waals surface area contributed by atoms with Crippen LogP contribution in [0.1, 0.15) is 17.8 Å². The molecule has 6 heteroatoms. The molecule has 3 aromatic rings. The Morgan fingerprint density at radius 1 is 1.20 bits per heavy atom. The lowest BCUT2D eigenvalue weighted by atomic mass is 9.97. The average molecular weight is 352 g/mol. The average Bonchev–Trinajstić information content (AvgIpc) is 3.15. The Morgan fingerprint density at radius 3 is 2.96 bits per heavy atom. The van der Waals surface area contributed by atoms with E-state index < -0.39 is 0 Å². The minimum atomic E-state index is 0.134. The highest BCUT2D eigenvalue weighted by Gasteiger charge is 2.20. The number of nitrogens with one attached hydrogen (secondary N) is 2. The third-order valence-electron chi connectivity index (χ3n) is 4.60. The van der Waals surface area contributed by atoms with Gasteiger partial charge in [0.05, 0.1) is 11.4 Å². The maximum atomic E-state index is 12.2. The molecule has 0 aliphatic carbocycles. The fourth-order valence-electron chi connectivity index (χ4n) is 3.15. The van der Waals surface area contributed by atoms with Crippen molar-refractivity contribution in [3.8, 4) is 10.4 Å². The van der Waals surface area contributed by atoms with Crippen LogP contribution in [0, 0.1) is 5.92 Å². The number of amides is 1. The van der Waals surface area contributed by atoms with Crippen molar-refractivity contribution in [2.45, 2.75) is 19.4 Å². The van der Waals surface area contributed by atoms with Crippen molar-refractivity contribution in [2.75, 3.05) is 13.1 Å². The predicted octanol–water partition coefficient (Wildman–Crippen LogP) is 2.97. The number of carbonyl (C=O) groups excluding carboxylic acids is 1. The maximum absolute atomic E-state index is 12.2. The minimum absolute atomic E-state index is 0.134. The van der Waals surface area contributed by atoms with Crippen molar-refractivity contribution in [3.05, 3.63) is 47.9 Å². The smallest absolute Gasteiger partial charge is 0.223 e. The zero-order valence-corrected chi connectivity index (χ0v) is 14.7. The van der Waals surface area contributed by atoms with Crippen molar-refractivity contribution >= 4 is 28.0 Å². The molecule has 1 aliphatic heterocycles. The zero-order valence-electron chi connectivity index (χ0n) is 13.9. The van der Waals surface area contributed by atoms with Gasteiger partial charge in [0.2, 0.25) is 5.91 Å². The highest BCUT2D eigenvalue weighted by atomic mass is 32.1. The molecule has 4 rings (SSSR count). The highest BCUT2D eigenvalue weighted by Crippen LogP contribution is 2.28. The second-order valence-corrected chi connectivity index (χ2v) is 7.41. The van der Waals surface area contributed by atoms with Crippen LogP contribution in [-0.4, -0.2) is 29.0 Å². The molecule has 1 fully saturated rings. The molecule has 0 atom stereocenters.